The van der Waals surface area contributed by atoms with Gasteiger partial charge in [-0.1, -0.05) is 12.1 Å². The molecule has 0 aliphatic carbocycles. The van der Waals surface area contributed by atoms with Crippen molar-refractivity contribution >= 4 is 22.1 Å². The summed E-state index contributed by atoms with van der Waals surface area (Å²) in [7, 11) is 0. The molecule has 0 radical (unpaired) electrons. The van der Waals surface area contributed by atoms with E-state index in [2.05, 4.69) is 0 Å². The van der Waals surface area contributed by atoms with E-state index in [1.54, 1.807) is 36.4 Å². The van der Waals surface area contributed by atoms with Crippen molar-refractivity contribution in [2.75, 3.05) is 0 Å². The van der Waals surface area contributed by atoms with Gasteiger partial charge in [-0.3, -0.25) is 0 Å². The highest BCUT2D eigenvalue weighted by Crippen LogP contribution is 2.18. The topological polar surface area (TPSA) is 71.2 Å². The van der Waals surface area contributed by atoms with Crippen LogP contribution in [0, 0.1) is 10.1 Å². The molecule has 0 saturated heterocycles. The number of hydrogen-bond acceptors (Lipinski definition) is 3. The molecule has 5 heteroatoms. The van der Waals surface area contributed by atoms with Crippen LogP contribution in [0.15, 0.2) is 42.5 Å². The SMILES string of the molecule is O=[n+]1c2ccccc2n([O-])c2cc(CO)ccc21. The second-order valence-corrected chi connectivity index (χ2v) is 4.06. The molecule has 3 rings (SSSR count). The summed E-state index contributed by atoms with van der Waals surface area (Å²) in [6.07, 6.45) is 0. The Morgan fingerprint density at radius 3 is 2.61 bits per heavy atom. The minimum absolute atomic E-state index is 0.165. The molecule has 0 fully saturated rings. The first-order valence-electron chi connectivity index (χ1n) is 5.49. The average Bonchev–Trinajstić information content (AvgIpc) is 2.44. The quantitative estimate of drug-likeness (QED) is 0.519. The summed E-state index contributed by atoms with van der Waals surface area (Å²) < 4.78 is 1.46. The molecule has 0 unspecified atom stereocenters. The first-order chi connectivity index (χ1) is 8.72. The Kier molecular flexibility index (Phi) is 2.28. The molecule has 90 valence electrons. The zero-order chi connectivity index (χ0) is 12.7. The standard InChI is InChI=1S/C13H10N2O3/c16-8-9-5-6-12-13(7-9)15(18)11-4-2-1-3-10(11)14(12)17/h1-7,16H,8H2. The molecular weight excluding hydrogens is 232 g/mol. The van der Waals surface area contributed by atoms with E-state index in [-0.39, 0.29) is 12.1 Å². The van der Waals surface area contributed by atoms with E-state index < -0.39 is 0 Å². The molecule has 1 aromatic heterocycles. The average molecular weight is 242 g/mol. The highest BCUT2D eigenvalue weighted by Gasteiger charge is 2.14. The predicted molar refractivity (Wildman–Crippen MR) is 67.5 cm³/mol. The molecular formula is C13H10N2O3. The van der Waals surface area contributed by atoms with Gasteiger partial charge in [-0.25, -0.2) is 0 Å². The van der Waals surface area contributed by atoms with Gasteiger partial charge >= 0.3 is 0 Å². The number of nitrogens with zero attached hydrogens (tertiary/aromatic N) is 2. The first-order valence-corrected chi connectivity index (χ1v) is 5.49. The number of aliphatic hydroxyl groups excluding tert-OH is 1. The number of fused-ring (bicyclic) bond motifs is 2. The molecule has 2 aromatic carbocycles. The van der Waals surface area contributed by atoms with E-state index in [1.165, 1.54) is 6.07 Å². The molecule has 18 heavy (non-hydrogen) atoms. The lowest BCUT2D eigenvalue weighted by Gasteiger charge is -2.14. The highest BCUT2D eigenvalue weighted by molar-refractivity contribution is 5.83. The van der Waals surface area contributed by atoms with E-state index in [0.717, 1.165) is 9.16 Å². The summed E-state index contributed by atoms with van der Waals surface area (Å²) in [5, 5.41) is 21.3. The normalized spacial score (nSPS) is 11.2. The maximum Gasteiger partial charge on any atom is 0.286 e. The molecule has 1 N–H and O–H groups in total. The van der Waals surface area contributed by atoms with Crippen molar-refractivity contribution in [2.45, 2.75) is 6.61 Å². The van der Waals surface area contributed by atoms with Crippen LogP contribution in [0.3, 0.4) is 0 Å². The van der Waals surface area contributed by atoms with E-state index >= 15 is 0 Å². The Hall–Kier alpha value is -2.40. The Morgan fingerprint density at radius 2 is 1.83 bits per heavy atom. The maximum absolute atomic E-state index is 12.2. The Bertz CT molecular complexity index is 808. The van der Waals surface area contributed by atoms with Crippen LogP contribution in [0.1, 0.15) is 5.56 Å². The van der Waals surface area contributed by atoms with Gasteiger partial charge < -0.3 is 15.0 Å². The maximum atomic E-state index is 12.2. The minimum Gasteiger partial charge on any atom is -0.805 e. The summed E-state index contributed by atoms with van der Waals surface area (Å²) in [6.45, 7) is -0.165. The second-order valence-electron chi connectivity index (χ2n) is 4.06. The summed E-state index contributed by atoms with van der Waals surface area (Å²) in [5.74, 6) is 0. The van der Waals surface area contributed by atoms with Gasteiger partial charge in [0, 0.05) is 17.0 Å². The van der Waals surface area contributed by atoms with Crippen LogP contribution in [-0.2, 0) is 6.61 Å². The number of benzene rings is 2. The zero-order valence-corrected chi connectivity index (χ0v) is 9.41. The fourth-order valence-electron chi connectivity index (χ4n) is 2.07. The number of para-hydroxylation sites is 2. The molecule has 1 heterocycles. The molecule has 0 saturated carbocycles. The van der Waals surface area contributed by atoms with Crippen LogP contribution >= 0.6 is 0 Å². The van der Waals surface area contributed by atoms with E-state index in [4.69, 9.17) is 5.11 Å². The summed E-state index contributed by atoms with van der Waals surface area (Å²) in [5.41, 5.74) is 1.80. The Morgan fingerprint density at radius 1 is 1.11 bits per heavy atom. The lowest BCUT2D eigenvalue weighted by Crippen LogP contribution is -2.19. The van der Waals surface area contributed by atoms with Crippen molar-refractivity contribution in [2.24, 2.45) is 0 Å². The molecule has 5 nitrogen and oxygen atoms in total. The van der Waals surface area contributed by atoms with Crippen molar-refractivity contribution in [3.63, 3.8) is 0 Å². The van der Waals surface area contributed by atoms with Crippen LogP contribution in [0.2, 0.25) is 0 Å². The van der Waals surface area contributed by atoms with Crippen molar-refractivity contribution in [1.82, 2.24) is 4.73 Å². The third kappa shape index (κ3) is 1.38. The van der Waals surface area contributed by atoms with Crippen molar-refractivity contribution in [3.05, 3.63) is 58.1 Å². The zero-order valence-electron chi connectivity index (χ0n) is 9.41. The van der Waals surface area contributed by atoms with E-state index in [0.29, 0.717) is 22.1 Å². The van der Waals surface area contributed by atoms with Crippen LogP contribution in [-0.4, -0.2) is 9.84 Å². The van der Waals surface area contributed by atoms with Crippen molar-refractivity contribution in [1.29, 1.82) is 0 Å². The van der Waals surface area contributed by atoms with E-state index in [1.807, 2.05) is 0 Å². The summed E-state index contributed by atoms with van der Waals surface area (Å²) >= 11 is 0. The fraction of sp³-hybridized carbons (Fsp3) is 0.0769. The van der Waals surface area contributed by atoms with Crippen molar-refractivity contribution < 1.29 is 9.53 Å². The molecule has 0 bridgehead atoms. The van der Waals surface area contributed by atoms with Crippen LogP contribution in [0.25, 0.3) is 22.1 Å². The molecule has 0 amide bonds. The lowest BCUT2D eigenvalue weighted by atomic mass is 10.2. The van der Waals surface area contributed by atoms with Crippen LogP contribution in [0.5, 0.6) is 0 Å². The number of rotatable bonds is 1. The van der Waals surface area contributed by atoms with Crippen LogP contribution in [0.4, 0.5) is 0 Å². The minimum atomic E-state index is -0.165. The fourth-order valence-corrected chi connectivity index (χ4v) is 2.07. The van der Waals surface area contributed by atoms with Gasteiger partial charge in [0.05, 0.1) is 11.0 Å². The highest BCUT2D eigenvalue weighted by atomic mass is 16.5. The van der Waals surface area contributed by atoms with Gasteiger partial charge in [0.2, 0.25) is 0 Å². The number of aliphatic hydroxyl groups is 1. The van der Waals surface area contributed by atoms with Gasteiger partial charge in [0.1, 0.15) is 11.0 Å². The van der Waals surface area contributed by atoms with Crippen LogP contribution < -0.4 is 4.43 Å². The van der Waals surface area contributed by atoms with E-state index in [9.17, 15) is 10.1 Å². The molecule has 0 atom stereocenters. The van der Waals surface area contributed by atoms with Gasteiger partial charge in [-0.2, -0.15) is 0 Å². The summed E-state index contributed by atoms with van der Waals surface area (Å²) in [4.78, 5) is 12.1. The molecule has 0 aliphatic rings. The van der Waals surface area contributed by atoms with Gasteiger partial charge in [0.15, 0.2) is 0 Å². The second kappa shape index (κ2) is 3.82. The van der Waals surface area contributed by atoms with Gasteiger partial charge in [-0.15, -0.1) is 0 Å². The Labute approximate surface area is 102 Å². The Balaban J connectivity index is 2.58. The largest absolute Gasteiger partial charge is 0.805 e. The third-order valence-electron chi connectivity index (χ3n) is 2.98. The molecule has 3 aromatic rings. The molecule has 0 aliphatic heterocycles. The smallest absolute Gasteiger partial charge is 0.286 e. The van der Waals surface area contributed by atoms with Crippen molar-refractivity contribution in [3.8, 4) is 0 Å². The summed E-state index contributed by atoms with van der Waals surface area (Å²) in [6, 6.07) is 11.3. The third-order valence-corrected chi connectivity index (χ3v) is 2.98. The van der Waals surface area contributed by atoms with Gasteiger partial charge in [-0.05, 0) is 23.8 Å². The first kappa shape index (κ1) is 10.7. The number of aromatic nitrogens is 2. The predicted octanol–water partition coefficient (Wildman–Crippen LogP) is 1.55. The molecule has 0 spiro atoms. The lowest BCUT2D eigenvalue weighted by molar-refractivity contribution is -0.432. The number of hydrogen-bond donors (Lipinski definition) is 1. The van der Waals surface area contributed by atoms with Gasteiger partial charge in [0.25, 0.3) is 11.0 Å². The monoisotopic (exact) mass is 242 g/mol.